The molecule has 0 heterocycles. The summed E-state index contributed by atoms with van der Waals surface area (Å²) in [6, 6.07) is 7.34. The second kappa shape index (κ2) is 5.51. The van der Waals surface area contributed by atoms with E-state index >= 15 is 0 Å². The van der Waals surface area contributed by atoms with Gasteiger partial charge in [-0.2, -0.15) is 0 Å². The lowest BCUT2D eigenvalue weighted by Gasteiger charge is -2.46. The van der Waals surface area contributed by atoms with Crippen molar-refractivity contribution in [1.82, 2.24) is 0 Å². The summed E-state index contributed by atoms with van der Waals surface area (Å²) in [6.45, 7) is 2.21. The van der Waals surface area contributed by atoms with Crippen LogP contribution in [0.5, 0.6) is 0 Å². The van der Waals surface area contributed by atoms with E-state index in [2.05, 4.69) is 6.92 Å². The van der Waals surface area contributed by atoms with Gasteiger partial charge in [-0.25, -0.2) is 0 Å². The van der Waals surface area contributed by atoms with Gasteiger partial charge in [-0.1, -0.05) is 56.9 Å². The molecule has 0 radical (unpaired) electrons. The maximum Gasteiger partial charge on any atom is 0.167 e. The number of hydrogen-bond donors (Lipinski definition) is 0. The van der Waals surface area contributed by atoms with Crippen LogP contribution in [0.2, 0.25) is 0 Å². The second-order valence-corrected chi connectivity index (χ2v) is 6.25. The van der Waals surface area contributed by atoms with Crippen LogP contribution in [-0.4, -0.2) is 11.6 Å². The number of unbranched alkanes of at least 4 members (excludes halogenated alkanes) is 3. The van der Waals surface area contributed by atoms with Crippen LogP contribution in [0.15, 0.2) is 24.3 Å². The fraction of sp³-hybridized carbons (Fsp3) is 0.556. The van der Waals surface area contributed by atoms with Crippen LogP contribution in [0.3, 0.4) is 0 Å². The normalized spacial score (nSPS) is 27.8. The molecule has 0 aliphatic heterocycles. The van der Waals surface area contributed by atoms with Crippen molar-refractivity contribution in [2.24, 2.45) is 17.8 Å². The molecule has 0 amide bonds. The molecular weight excluding hydrogens is 248 g/mol. The highest BCUT2D eigenvalue weighted by atomic mass is 16.1. The zero-order valence-electron chi connectivity index (χ0n) is 12.1. The van der Waals surface area contributed by atoms with E-state index in [0.717, 1.165) is 12.8 Å². The predicted octanol–water partition coefficient (Wildman–Crippen LogP) is 4.29. The molecule has 3 unspecified atom stereocenters. The Morgan fingerprint density at radius 1 is 1.00 bits per heavy atom. The molecule has 1 saturated carbocycles. The molecule has 1 aromatic carbocycles. The molecule has 2 nitrogen and oxygen atoms in total. The highest BCUT2D eigenvalue weighted by Gasteiger charge is 2.52. The number of rotatable bonds is 5. The number of carbonyl (C=O) groups excluding carboxylic acids is 2. The van der Waals surface area contributed by atoms with Crippen molar-refractivity contribution in [3.8, 4) is 0 Å². The molecule has 0 aromatic heterocycles. The van der Waals surface area contributed by atoms with Crippen LogP contribution in [-0.2, 0) is 0 Å². The first-order valence-electron chi connectivity index (χ1n) is 7.91. The number of hydrogen-bond acceptors (Lipinski definition) is 2. The largest absolute Gasteiger partial charge is 0.294 e. The Morgan fingerprint density at radius 3 is 2.40 bits per heavy atom. The van der Waals surface area contributed by atoms with E-state index < -0.39 is 0 Å². The van der Waals surface area contributed by atoms with Crippen molar-refractivity contribution >= 4 is 11.6 Å². The van der Waals surface area contributed by atoms with Gasteiger partial charge >= 0.3 is 0 Å². The van der Waals surface area contributed by atoms with E-state index in [1.807, 2.05) is 18.2 Å². The van der Waals surface area contributed by atoms with E-state index in [0.29, 0.717) is 17.0 Å². The van der Waals surface area contributed by atoms with Crippen molar-refractivity contribution in [2.45, 2.75) is 45.4 Å². The van der Waals surface area contributed by atoms with Crippen molar-refractivity contribution in [1.29, 1.82) is 0 Å². The lowest BCUT2D eigenvalue weighted by molar-refractivity contribution is 0.0344. The quantitative estimate of drug-likeness (QED) is 0.748. The third-order valence-electron chi connectivity index (χ3n) is 5.02. The van der Waals surface area contributed by atoms with Gasteiger partial charge in [0.1, 0.15) is 0 Å². The van der Waals surface area contributed by atoms with Crippen LogP contribution < -0.4 is 0 Å². The molecule has 3 rings (SSSR count). The molecule has 0 N–H and O–H groups in total. The Hall–Kier alpha value is -1.44. The van der Waals surface area contributed by atoms with Gasteiger partial charge in [0.2, 0.25) is 0 Å². The standard InChI is InChI=1S/C18H22O2/c1-2-3-4-5-8-12-11-15-16(12)18(20)14-10-7-6-9-13(14)17(15)19/h6-7,9-10,12,15-16H,2-5,8,11H2,1H3. The maximum absolute atomic E-state index is 12.6. The maximum atomic E-state index is 12.6. The molecule has 1 aromatic rings. The average Bonchev–Trinajstić information content (AvgIpc) is 2.44. The van der Waals surface area contributed by atoms with Gasteiger partial charge in [0.25, 0.3) is 0 Å². The minimum Gasteiger partial charge on any atom is -0.294 e. The molecule has 3 atom stereocenters. The zero-order chi connectivity index (χ0) is 14.1. The summed E-state index contributed by atoms with van der Waals surface area (Å²) < 4.78 is 0. The Balaban J connectivity index is 1.71. The Bertz CT molecular complexity index is 532. The van der Waals surface area contributed by atoms with Crippen molar-refractivity contribution < 1.29 is 9.59 Å². The van der Waals surface area contributed by atoms with E-state index in [1.54, 1.807) is 6.07 Å². The first kappa shape index (κ1) is 13.5. The summed E-state index contributed by atoms with van der Waals surface area (Å²) in [5.74, 6) is 0.834. The first-order valence-corrected chi connectivity index (χ1v) is 7.91. The molecule has 2 aliphatic rings. The molecular formula is C18H22O2. The monoisotopic (exact) mass is 270 g/mol. The minimum absolute atomic E-state index is 0.0148. The number of carbonyl (C=O) groups is 2. The number of Topliss-reactive ketones (excluding diaryl/α,β-unsaturated/α-hetero) is 2. The van der Waals surface area contributed by atoms with E-state index in [1.165, 1.54) is 25.7 Å². The predicted molar refractivity (Wildman–Crippen MR) is 78.9 cm³/mol. The zero-order valence-corrected chi connectivity index (χ0v) is 12.1. The summed E-state index contributed by atoms with van der Waals surface area (Å²) in [4.78, 5) is 25.0. The van der Waals surface area contributed by atoms with Crippen LogP contribution in [0, 0.1) is 17.8 Å². The van der Waals surface area contributed by atoms with Gasteiger partial charge in [-0.15, -0.1) is 0 Å². The van der Waals surface area contributed by atoms with Gasteiger partial charge in [0.15, 0.2) is 11.6 Å². The third-order valence-corrected chi connectivity index (χ3v) is 5.02. The number of benzene rings is 1. The van der Waals surface area contributed by atoms with Crippen LogP contribution in [0.4, 0.5) is 0 Å². The smallest absolute Gasteiger partial charge is 0.167 e. The third kappa shape index (κ3) is 2.11. The summed E-state index contributed by atoms with van der Waals surface area (Å²) in [5.41, 5.74) is 1.32. The van der Waals surface area contributed by atoms with Gasteiger partial charge in [0.05, 0.1) is 0 Å². The van der Waals surface area contributed by atoms with Gasteiger partial charge in [-0.05, 0) is 18.8 Å². The summed E-state index contributed by atoms with van der Waals surface area (Å²) >= 11 is 0. The van der Waals surface area contributed by atoms with Crippen molar-refractivity contribution in [3.05, 3.63) is 35.4 Å². The first-order chi connectivity index (χ1) is 9.74. The molecule has 20 heavy (non-hydrogen) atoms. The van der Waals surface area contributed by atoms with Crippen LogP contribution in [0.25, 0.3) is 0 Å². The highest BCUT2D eigenvalue weighted by Crippen LogP contribution is 2.49. The number of ketones is 2. The average molecular weight is 270 g/mol. The molecule has 2 heteroatoms. The Labute approximate surface area is 120 Å². The molecule has 1 fully saturated rings. The Morgan fingerprint density at radius 2 is 1.70 bits per heavy atom. The van der Waals surface area contributed by atoms with Crippen LogP contribution in [0.1, 0.15) is 66.2 Å². The van der Waals surface area contributed by atoms with Gasteiger partial charge < -0.3 is 0 Å². The second-order valence-electron chi connectivity index (χ2n) is 6.25. The molecule has 106 valence electrons. The fourth-order valence-electron chi connectivity index (χ4n) is 3.84. The summed E-state index contributed by atoms with van der Waals surface area (Å²) in [6.07, 6.45) is 7.00. The Kier molecular flexibility index (Phi) is 3.73. The molecule has 0 saturated heterocycles. The fourth-order valence-corrected chi connectivity index (χ4v) is 3.84. The van der Waals surface area contributed by atoms with Crippen LogP contribution >= 0.6 is 0 Å². The summed E-state index contributed by atoms with van der Waals surface area (Å²) in [7, 11) is 0. The molecule has 0 bridgehead atoms. The van der Waals surface area contributed by atoms with Crippen molar-refractivity contribution in [3.63, 3.8) is 0 Å². The SMILES string of the molecule is CCCCCCC1CC2C(=O)c3ccccc3C(=O)C12. The van der Waals surface area contributed by atoms with Gasteiger partial charge in [0, 0.05) is 23.0 Å². The van der Waals surface area contributed by atoms with E-state index in [9.17, 15) is 9.59 Å². The van der Waals surface area contributed by atoms with Crippen molar-refractivity contribution in [2.75, 3.05) is 0 Å². The van der Waals surface area contributed by atoms with E-state index in [4.69, 9.17) is 0 Å². The topological polar surface area (TPSA) is 34.1 Å². The highest BCUT2D eigenvalue weighted by molar-refractivity contribution is 6.16. The molecule has 2 aliphatic carbocycles. The van der Waals surface area contributed by atoms with Gasteiger partial charge in [-0.3, -0.25) is 9.59 Å². The van der Waals surface area contributed by atoms with E-state index in [-0.39, 0.29) is 23.4 Å². The number of fused-ring (bicyclic) bond motifs is 2. The lowest BCUT2D eigenvalue weighted by Crippen LogP contribution is -2.49. The minimum atomic E-state index is -0.0198. The lowest BCUT2D eigenvalue weighted by atomic mass is 9.55. The summed E-state index contributed by atoms with van der Waals surface area (Å²) in [5, 5.41) is 0. The molecule has 0 spiro atoms.